The highest BCUT2D eigenvalue weighted by Gasteiger charge is 2.39. The number of nitrogens with zero attached hydrogens (tertiary/aromatic N) is 3. The Morgan fingerprint density at radius 1 is 1.36 bits per heavy atom. The Morgan fingerprint density at radius 3 is 2.75 bits per heavy atom. The maximum Gasteiger partial charge on any atom is 0.449 e. The van der Waals surface area contributed by atoms with Crippen molar-refractivity contribution in [3.63, 3.8) is 0 Å². The predicted molar refractivity (Wildman–Crippen MR) is 96.4 cm³/mol. The number of hydrogen-bond donors (Lipinski definition) is 1. The van der Waals surface area contributed by atoms with Gasteiger partial charge in [0.1, 0.15) is 0 Å². The van der Waals surface area contributed by atoms with Gasteiger partial charge in [-0.15, -0.1) is 0 Å². The number of primary amides is 1. The number of carbonyl (C=O) groups excluding carboxylic acids is 2. The van der Waals surface area contributed by atoms with Crippen LogP contribution in [0, 0.1) is 12.8 Å². The highest BCUT2D eigenvalue weighted by molar-refractivity contribution is 5.96. The van der Waals surface area contributed by atoms with Gasteiger partial charge in [0.2, 0.25) is 17.6 Å². The van der Waals surface area contributed by atoms with Gasteiger partial charge in [-0.2, -0.15) is 13.2 Å². The van der Waals surface area contributed by atoms with Crippen LogP contribution >= 0.6 is 0 Å². The van der Waals surface area contributed by atoms with Gasteiger partial charge in [-0.25, -0.2) is 4.98 Å². The SMILES string of the molecule is Cc1cccc(N(CCC(N)=O)C(=O)[C@@H]2CCn3c(cnc3C(F)(F)F)C2)c1. The number of halogens is 3. The van der Waals surface area contributed by atoms with Crippen molar-refractivity contribution < 1.29 is 22.8 Å². The third kappa shape index (κ3) is 4.18. The number of hydrogen-bond acceptors (Lipinski definition) is 3. The second kappa shape index (κ2) is 7.65. The fraction of sp³-hybridized carbons (Fsp3) is 0.421. The van der Waals surface area contributed by atoms with Gasteiger partial charge < -0.3 is 15.2 Å². The molecule has 0 spiro atoms. The molecule has 1 aliphatic heterocycles. The number of benzene rings is 1. The van der Waals surface area contributed by atoms with Crippen LogP contribution in [0.1, 0.15) is 29.9 Å². The van der Waals surface area contributed by atoms with Crippen molar-refractivity contribution in [1.29, 1.82) is 0 Å². The Balaban J connectivity index is 1.83. The van der Waals surface area contributed by atoms with E-state index in [1.807, 2.05) is 19.1 Å². The van der Waals surface area contributed by atoms with Gasteiger partial charge in [-0.3, -0.25) is 9.59 Å². The van der Waals surface area contributed by atoms with Crippen molar-refractivity contribution in [1.82, 2.24) is 9.55 Å². The number of rotatable bonds is 5. The molecule has 0 saturated carbocycles. The highest BCUT2D eigenvalue weighted by Crippen LogP contribution is 2.33. The Labute approximate surface area is 160 Å². The zero-order valence-corrected chi connectivity index (χ0v) is 15.4. The normalized spacial score (nSPS) is 16.5. The van der Waals surface area contributed by atoms with E-state index >= 15 is 0 Å². The van der Waals surface area contributed by atoms with Crippen molar-refractivity contribution in [2.45, 2.75) is 38.9 Å². The van der Waals surface area contributed by atoms with Crippen LogP contribution in [0.3, 0.4) is 0 Å². The van der Waals surface area contributed by atoms with Crippen LogP contribution in [0.15, 0.2) is 30.5 Å². The van der Waals surface area contributed by atoms with E-state index in [0.29, 0.717) is 11.4 Å². The first-order valence-corrected chi connectivity index (χ1v) is 8.94. The third-order valence-electron chi connectivity index (χ3n) is 4.86. The number of aryl methyl sites for hydroxylation is 1. The second-order valence-corrected chi connectivity index (χ2v) is 6.96. The summed E-state index contributed by atoms with van der Waals surface area (Å²) in [6.45, 7) is 2.08. The van der Waals surface area contributed by atoms with Gasteiger partial charge in [-0.1, -0.05) is 12.1 Å². The molecule has 3 rings (SSSR count). The van der Waals surface area contributed by atoms with Crippen LogP contribution in [0.4, 0.5) is 18.9 Å². The second-order valence-electron chi connectivity index (χ2n) is 6.96. The molecular formula is C19H21F3N4O2. The first-order valence-electron chi connectivity index (χ1n) is 8.94. The van der Waals surface area contributed by atoms with Gasteiger partial charge in [0, 0.05) is 49.4 Å². The van der Waals surface area contributed by atoms with E-state index in [-0.39, 0.29) is 38.3 Å². The summed E-state index contributed by atoms with van der Waals surface area (Å²) >= 11 is 0. The minimum atomic E-state index is -4.52. The van der Waals surface area contributed by atoms with E-state index < -0.39 is 23.8 Å². The monoisotopic (exact) mass is 394 g/mol. The number of fused-ring (bicyclic) bond motifs is 1. The summed E-state index contributed by atoms with van der Waals surface area (Å²) in [5.74, 6) is -2.17. The van der Waals surface area contributed by atoms with Gasteiger partial charge in [0.05, 0.1) is 0 Å². The average molecular weight is 394 g/mol. The predicted octanol–water partition coefficient (Wildman–Crippen LogP) is 2.68. The summed E-state index contributed by atoms with van der Waals surface area (Å²) in [7, 11) is 0. The van der Waals surface area contributed by atoms with E-state index in [2.05, 4.69) is 4.98 Å². The summed E-state index contributed by atoms with van der Waals surface area (Å²) < 4.78 is 40.2. The average Bonchev–Trinajstić information content (AvgIpc) is 3.05. The number of anilines is 1. The molecule has 9 heteroatoms. The minimum Gasteiger partial charge on any atom is -0.370 e. The van der Waals surface area contributed by atoms with Crippen LogP contribution in [0.2, 0.25) is 0 Å². The van der Waals surface area contributed by atoms with E-state index in [0.717, 1.165) is 10.1 Å². The molecule has 1 aromatic carbocycles. The first-order chi connectivity index (χ1) is 13.2. The summed E-state index contributed by atoms with van der Waals surface area (Å²) in [5.41, 5.74) is 7.21. The van der Waals surface area contributed by atoms with Gasteiger partial charge in [-0.05, 0) is 31.0 Å². The van der Waals surface area contributed by atoms with Crippen molar-refractivity contribution in [2.75, 3.05) is 11.4 Å². The van der Waals surface area contributed by atoms with Crippen molar-refractivity contribution in [3.8, 4) is 0 Å². The Kier molecular flexibility index (Phi) is 5.44. The molecule has 2 amide bonds. The number of alkyl halides is 3. The van der Waals surface area contributed by atoms with Crippen molar-refractivity contribution >= 4 is 17.5 Å². The van der Waals surface area contributed by atoms with Crippen LogP contribution in [0.5, 0.6) is 0 Å². The Morgan fingerprint density at radius 2 is 2.11 bits per heavy atom. The molecule has 0 radical (unpaired) electrons. The maximum absolute atomic E-state index is 13.2. The minimum absolute atomic E-state index is 0.00254. The Bertz CT molecular complexity index is 892. The van der Waals surface area contributed by atoms with Crippen LogP contribution in [0.25, 0.3) is 0 Å². The smallest absolute Gasteiger partial charge is 0.370 e. The zero-order chi connectivity index (χ0) is 20.5. The first kappa shape index (κ1) is 19.9. The molecule has 150 valence electrons. The van der Waals surface area contributed by atoms with Gasteiger partial charge in [0.25, 0.3) is 0 Å². The maximum atomic E-state index is 13.2. The third-order valence-corrected chi connectivity index (χ3v) is 4.86. The molecule has 1 atom stereocenters. The molecule has 2 heterocycles. The molecule has 0 bridgehead atoms. The number of carbonyl (C=O) groups is 2. The topological polar surface area (TPSA) is 81.2 Å². The fourth-order valence-electron chi connectivity index (χ4n) is 3.50. The fourth-order valence-corrected chi connectivity index (χ4v) is 3.50. The molecule has 0 fully saturated rings. The Hall–Kier alpha value is -2.84. The molecule has 2 aromatic rings. The molecule has 1 aromatic heterocycles. The van der Waals surface area contributed by atoms with E-state index in [4.69, 9.17) is 5.73 Å². The van der Waals surface area contributed by atoms with E-state index in [9.17, 15) is 22.8 Å². The number of nitrogens with two attached hydrogens (primary N) is 1. The lowest BCUT2D eigenvalue weighted by Gasteiger charge is -2.30. The van der Waals surface area contributed by atoms with Crippen molar-refractivity contribution in [2.24, 2.45) is 11.7 Å². The summed E-state index contributed by atoms with van der Waals surface area (Å²) in [4.78, 5) is 29.4. The lowest BCUT2D eigenvalue weighted by atomic mass is 9.94. The molecular weight excluding hydrogens is 373 g/mol. The summed E-state index contributed by atoms with van der Waals surface area (Å²) in [6.07, 6.45) is -2.90. The lowest BCUT2D eigenvalue weighted by molar-refractivity contribution is -0.147. The van der Waals surface area contributed by atoms with Crippen LogP contribution < -0.4 is 10.6 Å². The standard InChI is InChI=1S/C19H21F3N4O2/c1-12-3-2-4-14(9-12)25(8-6-16(23)27)17(28)13-5-7-26-15(10-13)11-24-18(26)19(20,21)22/h2-4,9,11,13H,5-8,10H2,1H3,(H2,23,27)/t13-/m1/s1. The van der Waals surface area contributed by atoms with Crippen LogP contribution in [-0.4, -0.2) is 27.9 Å². The molecule has 0 saturated heterocycles. The summed E-state index contributed by atoms with van der Waals surface area (Å²) in [6, 6.07) is 7.29. The largest absolute Gasteiger partial charge is 0.449 e. The van der Waals surface area contributed by atoms with Crippen molar-refractivity contribution in [3.05, 3.63) is 47.5 Å². The van der Waals surface area contributed by atoms with Gasteiger partial charge >= 0.3 is 6.18 Å². The summed E-state index contributed by atoms with van der Waals surface area (Å²) in [5, 5.41) is 0. The highest BCUT2D eigenvalue weighted by atomic mass is 19.4. The molecule has 28 heavy (non-hydrogen) atoms. The molecule has 6 nitrogen and oxygen atoms in total. The number of imidazole rings is 1. The number of aromatic nitrogens is 2. The van der Waals surface area contributed by atoms with E-state index in [1.165, 1.54) is 11.1 Å². The molecule has 0 unspecified atom stereocenters. The van der Waals surface area contributed by atoms with Crippen LogP contribution in [-0.2, 0) is 28.7 Å². The molecule has 0 aliphatic carbocycles. The quantitative estimate of drug-likeness (QED) is 0.847. The van der Waals surface area contributed by atoms with Gasteiger partial charge in [0.15, 0.2) is 0 Å². The number of amides is 2. The lowest BCUT2D eigenvalue weighted by Crippen LogP contribution is -2.41. The van der Waals surface area contributed by atoms with E-state index in [1.54, 1.807) is 12.1 Å². The zero-order valence-electron chi connectivity index (χ0n) is 15.4. The molecule has 2 N–H and O–H groups in total. The molecule has 1 aliphatic rings.